The van der Waals surface area contributed by atoms with Gasteiger partial charge in [-0.15, -0.1) is 0 Å². The topological polar surface area (TPSA) is 56.1 Å². The van der Waals surface area contributed by atoms with E-state index in [4.69, 9.17) is 4.74 Å². The SMILES string of the molecule is Cc1c(C(=O)N[C@H](c2ccc(F)cc2)[C@@H]2CCCO2)cnn1C. The van der Waals surface area contributed by atoms with Crippen molar-refractivity contribution in [3.8, 4) is 0 Å². The number of halogens is 1. The summed E-state index contributed by atoms with van der Waals surface area (Å²) in [5.74, 6) is -0.491. The van der Waals surface area contributed by atoms with Crippen LogP contribution in [-0.2, 0) is 11.8 Å². The van der Waals surface area contributed by atoms with Crippen LogP contribution < -0.4 is 5.32 Å². The van der Waals surface area contributed by atoms with Crippen LogP contribution >= 0.6 is 0 Å². The molecule has 2 heterocycles. The highest BCUT2D eigenvalue weighted by Gasteiger charge is 2.29. The van der Waals surface area contributed by atoms with Crippen LogP contribution in [-0.4, -0.2) is 28.4 Å². The second-order valence-corrected chi connectivity index (χ2v) is 5.82. The zero-order valence-electron chi connectivity index (χ0n) is 13.3. The molecule has 0 unspecified atom stereocenters. The fraction of sp³-hybridized carbons (Fsp3) is 0.412. The number of ether oxygens (including phenoxy) is 1. The zero-order chi connectivity index (χ0) is 16.4. The Labute approximate surface area is 134 Å². The summed E-state index contributed by atoms with van der Waals surface area (Å²) in [4.78, 5) is 12.6. The van der Waals surface area contributed by atoms with Gasteiger partial charge in [-0.05, 0) is 37.5 Å². The van der Waals surface area contributed by atoms with Gasteiger partial charge in [0.2, 0.25) is 0 Å². The Morgan fingerprint density at radius 3 is 2.74 bits per heavy atom. The van der Waals surface area contributed by atoms with Gasteiger partial charge in [-0.25, -0.2) is 4.39 Å². The number of nitrogens with zero attached hydrogens (tertiary/aromatic N) is 2. The van der Waals surface area contributed by atoms with Crippen molar-refractivity contribution in [1.29, 1.82) is 0 Å². The zero-order valence-corrected chi connectivity index (χ0v) is 13.3. The Kier molecular flexibility index (Phi) is 4.43. The van der Waals surface area contributed by atoms with Gasteiger partial charge in [-0.1, -0.05) is 12.1 Å². The van der Waals surface area contributed by atoms with Gasteiger partial charge in [0.1, 0.15) is 5.82 Å². The standard InChI is InChI=1S/C17H20FN3O2/c1-11-14(10-19-21(11)2)17(22)20-16(15-4-3-9-23-15)12-5-7-13(18)8-6-12/h5-8,10,15-16H,3-4,9H2,1-2H3,(H,20,22)/t15-,16+/m0/s1. The van der Waals surface area contributed by atoms with Crippen LogP contribution in [0.15, 0.2) is 30.5 Å². The molecule has 1 aliphatic heterocycles. The second-order valence-electron chi connectivity index (χ2n) is 5.82. The lowest BCUT2D eigenvalue weighted by atomic mass is 9.98. The minimum Gasteiger partial charge on any atom is -0.376 e. The molecule has 23 heavy (non-hydrogen) atoms. The molecular weight excluding hydrogens is 297 g/mol. The first kappa shape index (κ1) is 15.7. The van der Waals surface area contributed by atoms with E-state index < -0.39 is 0 Å². The van der Waals surface area contributed by atoms with Gasteiger partial charge in [0.05, 0.1) is 23.9 Å². The molecule has 0 saturated carbocycles. The minimum atomic E-state index is -0.301. The van der Waals surface area contributed by atoms with Crippen LogP contribution in [0.5, 0.6) is 0 Å². The number of hydrogen-bond donors (Lipinski definition) is 1. The third-order valence-electron chi connectivity index (χ3n) is 4.33. The van der Waals surface area contributed by atoms with Gasteiger partial charge in [-0.2, -0.15) is 5.10 Å². The maximum Gasteiger partial charge on any atom is 0.255 e. The number of amides is 1. The van der Waals surface area contributed by atoms with Gasteiger partial charge in [0, 0.05) is 19.3 Å². The largest absolute Gasteiger partial charge is 0.376 e. The van der Waals surface area contributed by atoms with Crippen molar-refractivity contribution in [1.82, 2.24) is 15.1 Å². The molecule has 0 spiro atoms. The average Bonchev–Trinajstić information content (AvgIpc) is 3.17. The summed E-state index contributed by atoms with van der Waals surface area (Å²) >= 11 is 0. The molecule has 1 saturated heterocycles. The van der Waals surface area contributed by atoms with Gasteiger partial charge >= 0.3 is 0 Å². The van der Waals surface area contributed by atoms with Crippen molar-refractivity contribution in [2.75, 3.05) is 6.61 Å². The van der Waals surface area contributed by atoms with Gasteiger partial charge < -0.3 is 10.1 Å². The number of nitrogens with one attached hydrogen (secondary N) is 1. The Morgan fingerprint density at radius 1 is 1.43 bits per heavy atom. The van der Waals surface area contributed by atoms with E-state index in [1.807, 2.05) is 6.92 Å². The summed E-state index contributed by atoms with van der Waals surface area (Å²) in [6.07, 6.45) is 3.29. The maximum absolute atomic E-state index is 13.2. The fourth-order valence-electron chi connectivity index (χ4n) is 2.87. The van der Waals surface area contributed by atoms with Crippen LogP contribution in [0.25, 0.3) is 0 Å². The van der Waals surface area contributed by atoms with E-state index in [9.17, 15) is 9.18 Å². The Morgan fingerprint density at radius 2 is 2.17 bits per heavy atom. The summed E-state index contributed by atoms with van der Waals surface area (Å²) in [5, 5.41) is 7.13. The van der Waals surface area contributed by atoms with Crippen LogP contribution in [0, 0.1) is 12.7 Å². The Bertz CT molecular complexity index is 690. The highest BCUT2D eigenvalue weighted by Crippen LogP contribution is 2.27. The average molecular weight is 317 g/mol. The van der Waals surface area contributed by atoms with E-state index >= 15 is 0 Å². The van der Waals surface area contributed by atoms with Crippen LogP contribution in [0.1, 0.15) is 40.5 Å². The number of carbonyl (C=O) groups is 1. The predicted molar refractivity (Wildman–Crippen MR) is 83.5 cm³/mol. The normalized spacial score (nSPS) is 18.8. The van der Waals surface area contributed by atoms with Crippen molar-refractivity contribution in [3.05, 3.63) is 53.1 Å². The molecule has 5 nitrogen and oxygen atoms in total. The van der Waals surface area contributed by atoms with Crippen LogP contribution in [0.3, 0.4) is 0 Å². The summed E-state index contributed by atoms with van der Waals surface area (Å²) < 4.78 is 20.6. The number of rotatable bonds is 4. The molecule has 122 valence electrons. The quantitative estimate of drug-likeness (QED) is 0.943. The first-order chi connectivity index (χ1) is 11.1. The van der Waals surface area contributed by atoms with E-state index in [-0.39, 0.29) is 23.9 Å². The monoisotopic (exact) mass is 317 g/mol. The highest BCUT2D eigenvalue weighted by molar-refractivity contribution is 5.95. The van der Waals surface area contributed by atoms with E-state index in [2.05, 4.69) is 10.4 Å². The third-order valence-corrected chi connectivity index (χ3v) is 4.33. The van der Waals surface area contributed by atoms with Crippen molar-refractivity contribution in [2.45, 2.75) is 31.9 Å². The molecule has 1 fully saturated rings. The van der Waals surface area contributed by atoms with E-state index in [0.29, 0.717) is 12.2 Å². The van der Waals surface area contributed by atoms with Crippen molar-refractivity contribution < 1.29 is 13.9 Å². The van der Waals surface area contributed by atoms with Gasteiger partial charge in [0.25, 0.3) is 5.91 Å². The molecule has 0 radical (unpaired) electrons. The van der Waals surface area contributed by atoms with Gasteiger partial charge in [0.15, 0.2) is 0 Å². The molecule has 1 amide bonds. The fourth-order valence-corrected chi connectivity index (χ4v) is 2.87. The van der Waals surface area contributed by atoms with E-state index in [1.54, 1.807) is 30.1 Å². The molecule has 6 heteroatoms. The van der Waals surface area contributed by atoms with E-state index in [0.717, 1.165) is 24.1 Å². The van der Waals surface area contributed by atoms with Crippen molar-refractivity contribution >= 4 is 5.91 Å². The first-order valence-corrected chi connectivity index (χ1v) is 7.73. The number of aromatic nitrogens is 2. The van der Waals surface area contributed by atoms with Crippen LogP contribution in [0.4, 0.5) is 4.39 Å². The molecule has 1 aromatic carbocycles. The lowest BCUT2D eigenvalue weighted by molar-refractivity contribution is 0.0672. The second kappa shape index (κ2) is 6.50. The molecule has 0 aliphatic carbocycles. The number of hydrogen-bond acceptors (Lipinski definition) is 3. The smallest absolute Gasteiger partial charge is 0.255 e. The summed E-state index contributed by atoms with van der Waals surface area (Å²) in [5.41, 5.74) is 2.18. The molecule has 2 atom stereocenters. The maximum atomic E-state index is 13.2. The number of aryl methyl sites for hydroxylation is 1. The van der Waals surface area contributed by atoms with Crippen molar-refractivity contribution in [2.24, 2.45) is 7.05 Å². The summed E-state index contributed by atoms with van der Waals surface area (Å²) in [6, 6.07) is 5.89. The third kappa shape index (κ3) is 3.27. The number of carbonyl (C=O) groups excluding carboxylic acids is 1. The Hall–Kier alpha value is -2.21. The van der Waals surface area contributed by atoms with E-state index in [1.165, 1.54) is 12.1 Å². The molecular formula is C17H20FN3O2. The first-order valence-electron chi connectivity index (χ1n) is 7.73. The van der Waals surface area contributed by atoms with Gasteiger partial charge in [-0.3, -0.25) is 9.48 Å². The lowest BCUT2D eigenvalue weighted by Gasteiger charge is -2.24. The predicted octanol–water partition coefficient (Wildman–Crippen LogP) is 2.52. The highest BCUT2D eigenvalue weighted by atomic mass is 19.1. The molecule has 2 aromatic rings. The minimum absolute atomic E-state index is 0.0959. The number of benzene rings is 1. The molecule has 3 rings (SSSR count). The summed E-state index contributed by atoms with van der Waals surface area (Å²) in [7, 11) is 1.80. The van der Waals surface area contributed by atoms with Crippen LogP contribution in [0.2, 0.25) is 0 Å². The molecule has 0 bridgehead atoms. The molecule has 1 N–H and O–H groups in total. The lowest BCUT2D eigenvalue weighted by Crippen LogP contribution is -2.36. The molecule has 1 aliphatic rings. The van der Waals surface area contributed by atoms with Crippen molar-refractivity contribution in [3.63, 3.8) is 0 Å². The summed E-state index contributed by atoms with van der Waals surface area (Å²) in [6.45, 7) is 2.53. The molecule has 1 aromatic heterocycles. The Balaban J connectivity index is 1.85.